The van der Waals surface area contributed by atoms with Gasteiger partial charge in [0, 0.05) is 13.5 Å². The number of likely N-dealkylation sites (N-methyl/N-ethyl adjacent to an activating group) is 1. The van der Waals surface area contributed by atoms with Crippen LogP contribution < -0.4 is 0 Å². The van der Waals surface area contributed by atoms with Crippen LogP contribution in [-0.4, -0.2) is 40.8 Å². The van der Waals surface area contributed by atoms with Gasteiger partial charge in [-0.15, -0.1) is 0 Å². The largest absolute Gasteiger partial charge is 0.480 e. The second-order valence-electron chi connectivity index (χ2n) is 6.79. The minimum Gasteiger partial charge on any atom is -0.480 e. The first kappa shape index (κ1) is 17.8. The van der Waals surface area contributed by atoms with Crippen LogP contribution in [0.5, 0.6) is 0 Å². The van der Waals surface area contributed by atoms with Gasteiger partial charge in [-0.3, -0.25) is 4.90 Å². The third kappa shape index (κ3) is 4.25. The van der Waals surface area contributed by atoms with E-state index in [9.17, 15) is 14.7 Å². The molecule has 0 saturated heterocycles. The Morgan fingerprint density at radius 1 is 1.12 bits per heavy atom. The fourth-order valence-corrected chi connectivity index (χ4v) is 2.53. The van der Waals surface area contributed by atoms with Gasteiger partial charge < -0.3 is 9.84 Å². The quantitative estimate of drug-likeness (QED) is 0.929. The summed E-state index contributed by atoms with van der Waals surface area (Å²) in [4.78, 5) is 25.0. The second kappa shape index (κ2) is 6.91. The maximum Gasteiger partial charge on any atom is 0.410 e. The van der Waals surface area contributed by atoms with Gasteiger partial charge in [0.2, 0.25) is 0 Å². The van der Waals surface area contributed by atoms with Gasteiger partial charge in [0.15, 0.2) is 0 Å². The highest BCUT2D eigenvalue weighted by Crippen LogP contribution is 2.21. The predicted octanol–water partition coefficient (Wildman–Crippen LogP) is 3.70. The number of carboxylic acids is 1. The number of carbonyl (C=O) groups excluding carboxylic acids is 1. The van der Waals surface area contributed by atoms with Crippen molar-refractivity contribution >= 4 is 22.8 Å². The Kier molecular flexibility index (Phi) is 5.12. The molecule has 1 N–H and O–H groups in total. The van der Waals surface area contributed by atoms with Crippen LogP contribution in [0.15, 0.2) is 42.5 Å². The summed E-state index contributed by atoms with van der Waals surface area (Å²) in [5, 5.41) is 11.6. The van der Waals surface area contributed by atoms with E-state index in [0.717, 1.165) is 21.2 Å². The summed E-state index contributed by atoms with van der Waals surface area (Å²) in [5.74, 6) is -1.06. The van der Waals surface area contributed by atoms with Crippen molar-refractivity contribution in [1.82, 2.24) is 4.90 Å². The molecule has 1 amide bonds. The third-order valence-corrected chi connectivity index (χ3v) is 3.73. The molecular formula is C19H23NO4. The minimum atomic E-state index is -1.06. The average Bonchev–Trinajstić information content (AvgIpc) is 2.50. The third-order valence-electron chi connectivity index (χ3n) is 3.73. The summed E-state index contributed by atoms with van der Waals surface area (Å²) in [7, 11) is 1.46. The zero-order valence-electron chi connectivity index (χ0n) is 14.4. The smallest absolute Gasteiger partial charge is 0.410 e. The van der Waals surface area contributed by atoms with Crippen molar-refractivity contribution in [3.05, 3.63) is 48.0 Å². The molecule has 1 atom stereocenters. The first-order chi connectivity index (χ1) is 11.2. The molecule has 0 aromatic heterocycles. The fourth-order valence-electron chi connectivity index (χ4n) is 2.53. The Morgan fingerprint density at radius 3 is 2.38 bits per heavy atom. The number of hydrogen-bond donors (Lipinski definition) is 1. The van der Waals surface area contributed by atoms with Crippen LogP contribution in [0.4, 0.5) is 4.79 Å². The molecule has 0 aliphatic heterocycles. The van der Waals surface area contributed by atoms with E-state index < -0.39 is 23.7 Å². The topological polar surface area (TPSA) is 66.8 Å². The van der Waals surface area contributed by atoms with E-state index in [1.807, 2.05) is 42.5 Å². The number of carbonyl (C=O) groups is 2. The number of rotatable bonds is 4. The number of nitrogens with zero attached hydrogens (tertiary/aromatic N) is 1. The number of fused-ring (bicyclic) bond motifs is 1. The van der Waals surface area contributed by atoms with Crippen LogP contribution in [0.3, 0.4) is 0 Å². The summed E-state index contributed by atoms with van der Waals surface area (Å²) in [6.07, 6.45) is -0.429. The summed E-state index contributed by atoms with van der Waals surface area (Å²) >= 11 is 0. The normalized spacial score (nSPS) is 12.7. The molecule has 0 saturated carbocycles. The lowest BCUT2D eigenvalue weighted by atomic mass is 9.98. The van der Waals surface area contributed by atoms with Gasteiger partial charge >= 0.3 is 12.1 Å². The molecule has 0 bridgehead atoms. The Hall–Kier alpha value is -2.56. The average molecular weight is 329 g/mol. The molecular weight excluding hydrogens is 306 g/mol. The zero-order chi connectivity index (χ0) is 17.9. The van der Waals surface area contributed by atoms with E-state index in [1.165, 1.54) is 7.05 Å². The summed E-state index contributed by atoms with van der Waals surface area (Å²) in [5.41, 5.74) is 0.212. The zero-order valence-corrected chi connectivity index (χ0v) is 14.4. The van der Waals surface area contributed by atoms with Gasteiger partial charge in [-0.25, -0.2) is 9.59 Å². The molecule has 0 aliphatic rings. The Balaban J connectivity index is 2.28. The SMILES string of the molecule is CN(C(=O)OC(C)(C)C)[C@H](Cc1cccc2ccccc12)C(=O)O. The molecule has 0 radical (unpaired) electrons. The maximum absolute atomic E-state index is 12.2. The molecule has 5 nitrogen and oxygen atoms in total. The number of ether oxygens (including phenoxy) is 1. The molecule has 2 aromatic carbocycles. The fraction of sp³-hybridized carbons (Fsp3) is 0.368. The number of aliphatic carboxylic acids is 1. The molecule has 0 aliphatic carbocycles. The van der Waals surface area contributed by atoms with Gasteiger partial charge in [-0.05, 0) is 37.1 Å². The molecule has 0 heterocycles. The molecule has 0 unspecified atom stereocenters. The molecule has 5 heteroatoms. The molecule has 2 aromatic rings. The van der Waals surface area contributed by atoms with Crippen LogP contribution in [0.2, 0.25) is 0 Å². The van der Waals surface area contributed by atoms with Gasteiger partial charge in [-0.1, -0.05) is 42.5 Å². The molecule has 2 rings (SSSR count). The number of benzene rings is 2. The highest BCUT2D eigenvalue weighted by Gasteiger charge is 2.30. The molecule has 0 spiro atoms. The van der Waals surface area contributed by atoms with Crippen molar-refractivity contribution in [2.45, 2.75) is 38.8 Å². The maximum atomic E-state index is 12.2. The molecule has 0 fully saturated rings. The number of carboxylic acid groups (broad SMARTS) is 1. The van der Waals surface area contributed by atoms with Crippen LogP contribution in [0.1, 0.15) is 26.3 Å². The van der Waals surface area contributed by atoms with Crippen LogP contribution >= 0.6 is 0 Å². The van der Waals surface area contributed by atoms with Gasteiger partial charge in [0.1, 0.15) is 11.6 Å². The van der Waals surface area contributed by atoms with E-state index in [1.54, 1.807) is 20.8 Å². The monoisotopic (exact) mass is 329 g/mol. The van der Waals surface area contributed by atoms with Crippen molar-refractivity contribution in [3.8, 4) is 0 Å². The van der Waals surface area contributed by atoms with Crippen molar-refractivity contribution in [1.29, 1.82) is 0 Å². The van der Waals surface area contributed by atoms with Crippen LogP contribution in [0, 0.1) is 0 Å². The van der Waals surface area contributed by atoms with Crippen LogP contribution in [-0.2, 0) is 16.0 Å². The van der Waals surface area contributed by atoms with Gasteiger partial charge in [0.25, 0.3) is 0 Å². The van der Waals surface area contributed by atoms with Crippen molar-refractivity contribution < 1.29 is 19.4 Å². The van der Waals surface area contributed by atoms with Gasteiger partial charge in [-0.2, -0.15) is 0 Å². The van der Waals surface area contributed by atoms with E-state index in [4.69, 9.17) is 4.74 Å². The predicted molar refractivity (Wildman–Crippen MR) is 93.1 cm³/mol. The lowest BCUT2D eigenvalue weighted by molar-refractivity contribution is -0.142. The summed E-state index contributed by atoms with van der Waals surface area (Å²) in [6.45, 7) is 5.25. The van der Waals surface area contributed by atoms with Crippen LogP contribution in [0.25, 0.3) is 10.8 Å². The standard InChI is InChI=1S/C19H23NO4/c1-19(2,3)24-18(23)20(4)16(17(21)22)12-14-10-7-9-13-8-5-6-11-15(13)14/h5-11,16H,12H2,1-4H3,(H,21,22)/t16-/m1/s1. The van der Waals surface area contributed by atoms with E-state index in [2.05, 4.69) is 0 Å². The highest BCUT2D eigenvalue weighted by atomic mass is 16.6. The van der Waals surface area contributed by atoms with E-state index >= 15 is 0 Å². The molecule has 128 valence electrons. The second-order valence-corrected chi connectivity index (χ2v) is 6.79. The van der Waals surface area contributed by atoms with Crippen molar-refractivity contribution in [3.63, 3.8) is 0 Å². The number of amides is 1. The summed E-state index contributed by atoms with van der Waals surface area (Å²) < 4.78 is 5.28. The molecule has 24 heavy (non-hydrogen) atoms. The lowest BCUT2D eigenvalue weighted by Crippen LogP contribution is -2.46. The summed E-state index contributed by atoms with van der Waals surface area (Å²) in [6, 6.07) is 12.6. The van der Waals surface area contributed by atoms with Crippen molar-refractivity contribution in [2.24, 2.45) is 0 Å². The first-order valence-electron chi connectivity index (χ1n) is 7.84. The Bertz CT molecular complexity index is 743. The number of hydrogen-bond acceptors (Lipinski definition) is 3. The highest BCUT2D eigenvalue weighted by molar-refractivity contribution is 5.87. The Morgan fingerprint density at radius 2 is 1.75 bits per heavy atom. The van der Waals surface area contributed by atoms with Gasteiger partial charge in [0.05, 0.1) is 0 Å². The van der Waals surface area contributed by atoms with E-state index in [-0.39, 0.29) is 6.42 Å². The van der Waals surface area contributed by atoms with E-state index in [0.29, 0.717) is 0 Å². The first-order valence-corrected chi connectivity index (χ1v) is 7.84. The van der Waals surface area contributed by atoms with Crippen molar-refractivity contribution in [2.75, 3.05) is 7.05 Å². The minimum absolute atomic E-state index is 0.215. The Labute approximate surface area is 141 Å². The lowest BCUT2D eigenvalue weighted by Gasteiger charge is -2.28.